The number of H-pyrrole nitrogens is 1. The largest absolute Gasteiger partial charge is 0.358 e. The first kappa shape index (κ1) is 17.4. The first-order valence-electron chi connectivity index (χ1n) is 8.23. The van der Waals surface area contributed by atoms with Gasteiger partial charge in [-0.05, 0) is 46.4 Å². The Labute approximate surface area is 169 Å². The molecule has 7 nitrogen and oxygen atoms in total. The van der Waals surface area contributed by atoms with Gasteiger partial charge in [0, 0.05) is 30.7 Å². The highest BCUT2D eigenvalue weighted by molar-refractivity contribution is 14.1. The molecule has 134 valence electrons. The van der Waals surface area contributed by atoms with Crippen LogP contribution in [0.4, 0.5) is 11.5 Å². The summed E-state index contributed by atoms with van der Waals surface area (Å²) in [5, 5.41) is 6.14. The monoisotopic (exact) mass is 470 g/mol. The second-order valence-corrected chi connectivity index (χ2v) is 6.87. The summed E-state index contributed by atoms with van der Waals surface area (Å²) in [4.78, 5) is 28.5. The summed E-state index contributed by atoms with van der Waals surface area (Å²) in [6.45, 7) is 0.460. The molecule has 3 heterocycles. The van der Waals surface area contributed by atoms with E-state index in [-0.39, 0.29) is 5.91 Å². The molecule has 1 aromatic carbocycles. The van der Waals surface area contributed by atoms with E-state index in [1.165, 1.54) is 0 Å². The number of pyridine rings is 1. The van der Waals surface area contributed by atoms with Crippen molar-refractivity contribution < 1.29 is 4.79 Å². The normalized spacial score (nSPS) is 12.1. The average molecular weight is 470 g/mol. The molecule has 4 rings (SSSR count). The second-order valence-electron chi connectivity index (χ2n) is 5.77. The minimum absolute atomic E-state index is 0.106. The van der Waals surface area contributed by atoms with Gasteiger partial charge in [0.25, 0.3) is 5.91 Å². The topological polar surface area (TPSA) is 95.6 Å². The van der Waals surface area contributed by atoms with Crippen LogP contribution in [-0.4, -0.2) is 25.8 Å². The van der Waals surface area contributed by atoms with Gasteiger partial charge in [-0.2, -0.15) is 0 Å². The summed E-state index contributed by atoms with van der Waals surface area (Å²) in [5.41, 5.74) is 3.97. The number of fused-ring (bicyclic) bond motifs is 1. The van der Waals surface area contributed by atoms with Gasteiger partial charge >= 0.3 is 0 Å². The molecule has 1 amide bonds. The fourth-order valence-electron chi connectivity index (χ4n) is 2.90. The van der Waals surface area contributed by atoms with Gasteiger partial charge in [-0.15, -0.1) is 0 Å². The number of amides is 1. The van der Waals surface area contributed by atoms with Gasteiger partial charge in [-0.1, -0.05) is 12.1 Å². The zero-order valence-electron chi connectivity index (χ0n) is 14.1. The number of carbonyl (C=O) groups excluding carboxylic acids is 1. The average Bonchev–Trinajstić information content (AvgIpc) is 3.11. The summed E-state index contributed by atoms with van der Waals surface area (Å²) in [5.74, 6) is 0.581. The van der Waals surface area contributed by atoms with Crippen LogP contribution < -0.4 is 10.6 Å². The Morgan fingerprint density at radius 1 is 1.07 bits per heavy atom. The predicted molar refractivity (Wildman–Crippen MR) is 111 cm³/mol. The molecule has 0 saturated carbocycles. The van der Waals surface area contributed by atoms with Gasteiger partial charge in [0.05, 0.1) is 29.3 Å². The molecule has 0 saturated heterocycles. The fraction of sp³-hybridized carbons (Fsp3) is 0.0526. The van der Waals surface area contributed by atoms with Crippen LogP contribution >= 0.6 is 22.6 Å². The van der Waals surface area contributed by atoms with Crippen molar-refractivity contribution in [2.45, 2.75) is 6.54 Å². The number of nitrogens with one attached hydrogen (secondary N) is 3. The van der Waals surface area contributed by atoms with Crippen LogP contribution in [0.2, 0.25) is 0 Å². The quantitative estimate of drug-likeness (QED) is 0.509. The molecule has 2 aromatic heterocycles. The van der Waals surface area contributed by atoms with E-state index in [9.17, 15) is 4.79 Å². The number of anilines is 2. The van der Waals surface area contributed by atoms with Gasteiger partial charge in [0.1, 0.15) is 9.52 Å². The maximum Gasteiger partial charge on any atom is 0.254 e. The number of hydrogen-bond acceptors (Lipinski definition) is 5. The number of nitrogens with zero attached hydrogens (tertiary/aromatic N) is 3. The Morgan fingerprint density at radius 2 is 2.00 bits per heavy atom. The van der Waals surface area contributed by atoms with E-state index in [2.05, 4.69) is 53.2 Å². The van der Waals surface area contributed by atoms with E-state index in [4.69, 9.17) is 0 Å². The third-order valence-corrected chi connectivity index (χ3v) is 4.64. The second kappa shape index (κ2) is 7.70. The zero-order chi connectivity index (χ0) is 18.6. The third kappa shape index (κ3) is 3.75. The van der Waals surface area contributed by atoms with Crippen molar-refractivity contribution in [3.63, 3.8) is 0 Å². The predicted octanol–water partition coefficient (Wildman–Crippen LogP) is 3.58. The van der Waals surface area contributed by atoms with Crippen LogP contribution in [-0.2, 0) is 6.54 Å². The molecule has 27 heavy (non-hydrogen) atoms. The summed E-state index contributed by atoms with van der Waals surface area (Å²) in [6, 6.07) is 9.46. The molecular weight excluding hydrogens is 455 g/mol. The van der Waals surface area contributed by atoms with Crippen molar-refractivity contribution in [3.8, 4) is 11.3 Å². The van der Waals surface area contributed by atoms with E-state index in [1.807, 2.05) is 30.3 Å². The van der Waals surface area contributed by atoms with Crippen LogP contribution in [0.3, 0.4) is 0 Å². The number of aromatic amines is 1. The van der Waals surface area contributed by atoms with Gasteiger partial charge < -0.3 is 15.6 Å². The summed E-state index contributed by atoms with van der Waals surface area (Å²) >= 11 is 2.11. The maximum absolute atomic E-state index is 12.5. The molecule has 1 aliphatic rings. The molecule has 0 fully saturated rings. The van der Waals surface area contributed by atoms with E-state index in [0.29, 0.717) is 17.9 Å². The van der Waals surface area contributed by atoms with E-state index in [1.54, 1.807) is 31.0 Å². The summed E-state index contributed by atoms with van der Waals surface area (Å²) in [6.07, 6.45) is 8.52. The van der Waals surface area contributed by atoms with Crippen molar-refractivity contribution in [3.05, 3.63) is 76.1 Å². The fourth-order valence-corrected chi connectivity index (χ4v) is 3.20. The highest BCUT2D eigenvalue weighted by Gasteiger charge is 2.26. The van der Waals surface area contributed by atoms with E-state index >= 15 is 0 Å². The first-order valence-corrected chi connectivity index (χ1v) is 9.31. The standard InChI is InChI=1S/C19H15IN6O/c20-16-11-21-7-8-22-15(10-24-16)12-4-5-14(18-13(12)9-25-19(18)27)26-17-3-1-2-6-23-17/h1-8,10-11,22H,9H2,(H,23,26)(H,25,27). The molecule has 3 N–H and O–H groups in total. The lowest BCUT2D eigenvalue weighted by Crippen LogP contribution is -2.13. The van der Waals surface area contributed by atoms with Crippen molar-refractivity contribution in [2.24, 2.45) is 0 Å². The van der Waals surface area contributed by atoms with Crippen LogP contribution in [0.25, 0.3) is 11.3 Å². The summed E-state index contributed by atoms with van der Waals surface area (Å²) in [7, 11) is 0. The Bertz CT molecular complexity index is 1050. The lowest BCUT2D eigenvalue weighted by Gasteiger charge is -2.12. The molecule has 0 aliphatic carbocycles. The molecule has 0 bridgehead atoms. The Hall–Kier alpha value is -3.01. The number of aromatic nitrogens is 4. The van der Waals surface area contributed by atoms with Crippen LogP contribution in [0.15, 0.2) is 61.3 Å². The van der Waals surface area contributed by atoms with Gasteiger partial charge in [0.15, 0.2) is 0 Å². The molecule has 0 atom stereocenters. The van der Waals surface area contributed by atoms with Gasteiger partial charge in [-0.3, -0.25) is 9.78 Å². The van der Waals surface area contributed by atoms with Crippen molar-refractivity contribution in [1.29, 1.82) is 0 Å². The molecule has 0 radical (unpaired) electrons. The summed E-state index contributed by atoms with van der Waals surface area (Å²) < 4.78 is 0.762. The van der Waals surface area contributed by atoms with Gasteiger partial charge in [-0.25, -0.2) is 9.97 Å². The lowest BCUT2D eigenvalue weighted by atomic mass is 9.99. The Morgan fingerprint density at radius 3 is 2.85 bits per heavy atom. The minimum Gasteiger partial charge on any atom is -0.358 e. The number of benzene rings is 1. The zero-order valence-corrected chi connectivity index (χ0v) is 16.3. The van der Waals surface area contributed by atoms with Crippen molar-refractivity contribution >= 4 is 40.0 Å². The Balaban J connectivity index is 1.83. The molecule has 0 spiro atoms. The highest BCUT2D eigenvalue weighted by Crippen LogP contribution is 2.33. The molecule has 0 unspecified atom stereocenters. The van der Waals surface area contributed by atoms with E-state index in [0.717, 1.165) is 26.2 Å². The van der Waals surface area contributed by atoms with Gasteiger partial charge in [0.2, 0.25) is 0 Å². The minimum atomic E-state index is -0.106. The third-order valence-electron chi connectivity index (χ3n) is 4.08. The molecular formula is C19H15IN6O. The molecule has 1 aliphatic heterocycles. The number of hydrogen-bond donors (Lipinski definition) is 3. The van der Waals surface area contributed by atoms with Crippen LogP contribution in [0.1, 0.15) is 15.9 Å². The van der Waals surface area contributed by atoms with Crippen molar-refractivity contribution in [2.75, 3.05) is 5.32 Å². The van der Waals surface area contributed by atoms with Crippen LogP contribution in [0, 0.1) is 3.70 Å². The lowest BCUT2D eigenvalue weighted by molar-refractivity contribution is 0.0966. The number of halogens is 1. The Kier molecular flexibility index (Phi) is 4.97. The maximum atomic E-state index is 12.5. The number of carbonyl (C=O) groups is 1. The molecule has 3 aromatic rings. The highest BCUT2D eigenvalue weighted by atomic mass is 127. The smallest absolute Gasteiger partial charge is 0.254 e. The first-order chi connectivity index (χ1) is 13.2. The number of rotatable bonds is 3. The van der Waals surface area contributed by atoms with Crippen LogP contribution in [0.5, 0.6) is 0 Å². The van der Waals surface area contributed by atoms with E-state index < -0.39 is 0 Å². The SMILES string of the molecule is O=C1NCc2c(-c3cnc(I)cncc[nH]3)ccc(Nc3ccccn3)c21. The molecule has 8 heteroatoms. The van der Waals surface area contributed by atoms with Crippen molar-refractivity contribution in [1.82, 2.24) is 25.3 Å².